The molecule has 3 aromatic carbocycles. The van der Waals surface area contributed by atoms with Crippen LogP contribution in [0.4, 0.5) is 0 Å². The van der Waals surface area contributed by atoms with Gasteiger partial charge in [-0.15, -0.1) is 28.5 Å². The van der Waals surface area contributed by atoms with Crippen LogP contribution in [-0.4, -0.2) is 9.97 Å². The second-order valence-electron chi connectivity index (χ2n) is 12.1. The smallest absolute Gasteiger partial charge is 0.657 e. The number of hydrogen-bond donors (Lipinski definition) is 0. The van der Waals surface area contributed by atoms with E-state index in [-0.39, 0.29) is 16.5 Å². The van der Waals surface area contributed by atoms with Crippen LogP contribution >= 0.6 is 0 Å². The van der Waals surface area contributed by atoms with E-state index in [9.17, 15) is 0 Å². The first-order valence-electron chi connectivity index (χ1n) is 15.7. The third-order valence-corrected chi connectivity index (χ3v) is 8.77. The van der Waals surface area contributed by atoms with Crippen LogP contribution in [0.25, 0.3) is 79.8 Å². The van der Waals surface area contributed by atoms with E-state index < -0.39 is 0 Å². The summed E-state index contributed by atoms with van der Waals surface area (Å²) in [5, 5.41) is 0. The predicted molar refractivity (Wildman–Crippen MR) is 195 cm³/mol. The summed E-state index contributed by atoms with van der Waals surface area (Å²) in [6.45, 7) is 6.28. The third kappa shape index (κ3) is 5.51. The molecule has 0 amide bonds. The molecule has 5 heteroatoms. The van der Waals surface area contributed by atoms with Gasteiger partial charge >= 0.3 is 16.5 Å². The van der Waals surface area contributed by atoms with Crippen LogP contribution in [0.3, 0.4) is 0 Å². The van der Waals surface area contributed by atoms with Crippen molar-refractivity contribution in [3.63, 3.8) is 0 Å². The van der Waals surface area contributed by atoms with Crippen molar-refractivity contribution in [2.75, 3.05) is 0 Å². The summed E-state index contributed by atoms with van der Waals surface area (Å²) in [5.41, 5.74) is 16.5. The van der Waals surface area contributed by atoms with Gasteiger partial charge in [-0.1, -0.05) is 120 Å². The molecule has 0 unspecified atom stereocenters. The van der Waals surface area contributed by atoms with E-state index >= 15 is 0 Å². The minimum absolute atomic E-state index is 0. The molecule has 2 aliphatic heterocycles. The first kappa shape index (κ1) is 30.9. The average Bonchev–Trinajstić information content (AvgIpc) is 3.91. The van der Waals surface area contributed by atoms with E-state index in [4.69, 9.17) is 26.4 Å². The van der Waals surface area contributed by atoms with E-state index in [1.807, 2.05) is 24.3 Å². The van der Waals surface area contributed by atoms with Gasteiger partial charge in [0.25, 0.3) is 0 Å². The van der Waals surface area contributed by atoms with Gasteiger partial charge in [0.1, 0.15) is 0 Å². The molecule has 0 atom stereocenters. The Labute approximate surface area is 290 Å². The molecule has 4 nitrogen and oxygen atoms in total. The number of terminal acetylenes is 1. The SMILES string of the molecule is C#Cc1c2nc(c(-c3ccc(C)cc3)c3ccc([n-]3)c(-c3ccc(C)cc3)c3nc(c(-c4ccc(C)cc4)c4ccc1[n-]4)C=C3)C=C2.[Ni+2]. The number of aryl methyl sites for hydroxylation is 3. The molecule has 3 aromatic heterocycles. The monoisotopic (exact) mass is 660 g/mol. The first-order chi connectivity index (χ1) is 22.9. The van der Waals surface area contributed by atoms with Crippen molar-refractivity contribution >= 4 is 46.4 Å². The number of benzene rings is 3. The third-order valence-electron chi connectivity index (χ3n) is 8.77. The molecule has 6 aromatic rings. The molecule has 2 aliphatic rings. The second kappa shape index (κ2) is 12.5. The fraction of sp³-hybridized carbons (Fsp3) is 0.0698. The Bertz CT molecular complexity index is 2420. The zero-order chi connectivity index (χ0) is 32.1. The molecule has 0 saturated carbocycles. The van der Waals surface area contributed by atoms with E-state index in [0.717, 1.165) is 67.0 Å². The zero-order valence-corrected chi connectivity index (χ0v) is 27.7. The van der Waals surface area contributed by atoms with Gasteiger partial charge in [0.05, 0.1) is 22.8 Å². The fourth-order valence-corrected chi connectivity index (χ4v) is 6.28. The molecule has 0 spiro atoms. The summed E-state index contributed by atoms with van der Waals surface area (Å²) in [7, 11) is 0. The molecule has 0 N–H and O–H groups in total. The number of hydrogen-bond acceptors (Lipinski definition) is 2. The first-order valence-corrected chi connectivity index (χ1v) is 15.7. The van der Waals surface area contributed by atoms with Gasteiger partial charge in [0, 0.05) is 5.56 Å². The van der Waals surface area contributed by atoms with Gasteiger partial charge in [0.15, 0.2) is 0 Å². The summed E-state index contributed by atoms with van der Waals surface area (Å²) >= 11 is 0. The molecule has 0 saturated heterocycles. The van der Waals surface area contributed by atoms with Gasteiger partial charge in [-0.25, -0.2) is 9.97 Å². The van der Waals surface area contributed by atoms with Crippen LogP contribution in [0.2, 0.25) is 0 Å². The molecule has 8 rings (SSSR count). The molecular weight excluding hydrogens is 631 g/mol. The Kier molecular flexibility index (Phi) is 8.05. The maximum Gasteiger partial charge on any atom is 2.00 e. The minimum Gasteiger partial charge on any atom is -0.657 e. The maximum atomic E-state index is 6.15. The molecule has 0 fully saturated rings. The van der Waals surface area contributed by atoms with E-state index in [1.54, 1.807) is 0 Å². The molecule has 232 valence electrons. The van der Waals surface area contributed by atoms with Crippen LogP contribution < -0.4 is 9.97 Å². The van der Waals surface area contributed by atoms with Crippen molar-refractivity contribution in [1.29, 1.82) is 0 Å². The summed E-state index contributed by atoms with van der Waals surface area (Å²) in [5.74, 6) is 2.89. The Hall–Kier alpha value is -5.69. The number of rotatable bonds is 3. The quantitative estimate of drug-likeness (QED) is 0.140. The summed E-state index contributed by atoms with van der Waals surface area (Å²) < 4.78 is 0. The maximum absolute atomic E-state index is 6.15. The van der Waals surface area contributed by atoms with Crippen molar-refractivity contribution in [2.24, 2.45) is 0 Å². The van der Waals surface area contributed by atoms with Crippen LogP contribution in [0.5, 0.6) is 0 Å². The topological polar surface area (TPSA) is 54.0 Å². The van der Waals surface area contributed by atoms with Gasteiger partial charge in [0.2, 0.25) is 0 Å². The summed E-state index contributed by atoms with van der Waals surface area (Å²) in [4.78, 5) is 20.8. The van der Waals surface area contributed by atoms with Crippen LogP contribution in [0.15, 0.2) is 97.1 Å². The summed E-state index contributed by atoms with van der Waals surface area (Å²) in [6.07, 6.45) is 14.3. The second-order valence-corrected chi connectivity index (χ2v) is 12.1. The number of fused-ring (bicyclic) bond motifs is 8. The normalized spacial score (nSPS) is 11.7. The molecule has 8 bridgehead atoms. The van der Waals surface area contributed by atoms with Crippen LogP contribution in [-0.2, 0) is 16.5 Å². The van der Waals surface area contributed by atoms with Crippen molar-refractivity contribution in [2.45, 2.75) is 20.8 Å². The standard InChI is InChI=1S/C43H30N4.Ni/c1-5-32-33-18-20-35(44-33)41(29-12-6-26(2)7-13-29)37-22-24-39(46-37)43(31-16-10-28(4)11-17-31)40-25-23-38(47-40)42(36-21-19-34(32)45-36)30-14-8-27(3)9-15-30;/h1,6-25H,2-4H3;/q-2;+2. The van der Waals surface area contributed by atoms with Gasteiger partial charge in [-0.05, 0) is 78.5 Å². The van der Waals surface area contributed by atoms with E-state index in [1.165, 1.54) is 16.7 Å². The average molecular weight is 661 g/mol. The van der Waals surface area contributed by atoms with Crippen molar-refractivity contribution < 1.29 is 16.5 Å². The Morgan fingerprint density at radius 1 is 0.438 bits per heavy atom. The number of nitrogens with zero attached hydrogens (tertiary/aromatic N) is 4. The molecule has 0 radical (unpaired) electrons. The van der Waals surface area contributed by atoms with Crippen molar-refractivity contribution in [3.8, 4) is 45.7 Å². The van der Waals surface area contributed by atoms with Crippen LogP contribution in [0.1, 0.15) is 45.0 Å². The van der Waals surface area contributed by atoms with Gasteiger partial charge in [-0.3, -0.25) is 0 Å². The van der Waals surface area contributed by atoms with E-state index in [0.29, 0.717) is 16.8 Å². The molecule has 48 heavy (non-hydrogen) atoms. The summed E-state index contributed by atoms with van der Waals surface area (Å²) in [6, 6.07) is 33.7. The van der Waals surface area contributed by atoms with Crippen molar-refractivity contribution in [3.05, 3.63) is 142 Å². The molecule has 0 aliphatic carbocycles. The minimum atomic E-state index is 0. The van der Waals surface area contributed by atoms with Gasteiger partial charge in [-0.2, -0.15) is 0 Å². The zero-order valence-electron chi connectivity index (χ0n) is 26.7. The molecular formula is C43H30N4Ni. The predicted octanol–water partition coefficient (Wildman–Crippen LogP) is 9.82. The van der Waals surface area contributed by atoms with E-state index in [2.05, 4.69) is 124 Å². The van der Waals surface area contributed by atoms with Crippen molar-refractivity contribution in [1.82, 2.24) is 19.9 Å². The Morgan fingerprint density at radius 3 is 1.12 bits per heavy atom. The molecule has 5 heterocycles. The van der Waals surface area contributed by atoms with Crippen LogP contribution in [0, 0.1) is 33.1 Å². The Balaban J connectivity index is 0.00000364. The Morgan fingerprint density at radius 2 is 0.750 bits per heavy atom. The fourth-order valence-electron chi connectivity index (χ4n) is 6.28. The largest absolute Gasteiger partial charge is 2.00 e. The van der Waals surface area contributed by atoms with Gasteiger partial charge < -0.3 is 9.97 Å². The number of aromatic nitrogens is 4.